The first kappa shape index (κ1) is 13.4. The van der Waals surface area contributed by atoms with Crippen molar-refractivity contribution in [3.63, 3.8) is 0 Å². The molecule has 1 rings (SSSR count). The molecule has 1 heterocycles. The smallest absolute Gasteiger partial charge is 0.236 e. The predicted octanol–water partition coefficient (Wildman–Crippen LogP) is 2.76. The van der Waals surface area contributed by atoms with Gasteiger partial charge in [-0.2, -0.15) is 11.8 Å². The number of thioether (sulfide) groups is 1. The summed E-state index contributed by atoms with van der Waals surface area (Å²) < 4.78 is 0. The van der Waals surface area contributed by atoms with Crippen LogP contribution in [0.15, 0.2) is 0 Å². The maximum absolute atomic E-state index is 12.1. The third-order valence-corrected chi connectivity index (χ3v) is 5.23. The summed E-state index contributed by atoms with van der Waals surface area (Å²) in [6.45, 7) is 10.3. The summed E-state index contributed by atoms with van der Waals surface area (Å²) in [6, 6.07) is 0. The first-order chi connectivity index (χ1) is 6.91. The van der Waals surface area contributed by atoms with E-state index >= 15 is 0 Å². The van der Waals surface area contributed by atoms with Crippen LogP contribution in [-0.4, -0.2) is 39.2 Å². The van der Waals surface area contributed by atoms with Gasteiger partial charge in [0, 0.05) is 23.6 Å². The minimum atomic E-state index is -0.0278. The van der Waals surface area contributed by atoms with Gasteiger partial charge in [0.25, 0.3) is 0 Å². The Bertz CT molecular complexity index is 225. The molecule has 0 N–H and O–H groups in total. The summed E-state index contributed by atoms with van der Waals surface area (Å²) >= 11 is 5.46. The lowest BCUT2D eigenvalue weighted by Gasteiger charge is -2.36. The van der Waals surface area contributed by atoms with Gasteiger partial charge >= 0.3 is 0 Å². The molecule has 1 aliphatic heterocycles. The molecule has 2 nitrogen and oxygen atoms in total. The third kappa shape index (κ3) is 3.66. The van der Waals surface area contributed by atoms with Crippen LogP contribution in [0.3, 0.4) is 0 Å². The molecule has 0 radical (unpaired) electrons. The van der Waals surface area contributed by atoms with E-state index < -0.39 is 0 Å². The Morgan fingerprint density at radius 2 is 1.80 bits per heavy atom. The Labute approximate surface area is 105 Å². The summed E-state index contributed by atoms with van der Waals surface area (Å²) in [5.41, 5.74) is 0. The Morgan fingerprint density at radius 1 is 1.33 bits per heavy atom. The highest BCUT2D eigenvalue weighted by molar-refractivity contribution is 9.10. The van der Waals surface area contributed by atoms with E-state index in [0.717, 1.165) is 13.1 Å². The highest BCUT2D eigenvalue weighted by Crippen LogP contribution is 2.26. The van der Waals surface area contributed by atoms with Gasteiger partial charge in [-0.1, -0.05) is 43.6 Å². The summed E-state index contributed by atoms with van der Waals surface area (Å²) in [7, 11) is 0. The molecule has 88 valence electrons. The van der Waals surface area contributed by atoms with E-state index in [9.17, 15) is 4.79 Å². The Morgan fingerprint density at radius 3 is 2.20 bits per heavy atom. The second-order valence-electron chi connectivity index (χ2n) is 4.65. The SMILES string of the molecule is CC1CN(C(=O)C(Br)C(C)C)CC(C)S1. The molecule has 0 aliphatic carbocycles. The molecule has 0 bridgehead atoms. The lowest BCUT2D eigenvalue weighted by molar-refractivity contribution is -0.131. The largest absolute Gasteiger partial charge is 0.340 e. The van der Waals surface area contributed by atoms with Gasteiger partial charge in [0.05, 0.1) is 4.83 Å². The van der Waals surface area contributed by atoms with Crippen molar-refractivity contribution in [2.24, 2.45) is 5.92 Å². The molecule has 1 aliphatic rings. The van der Waals surface area contributed by atoms with Crippen LogP contribution in [0, 0.1) is 5.92 Å². The van der Waals surface area contributed by atoms with E-state index in [1.165, 1.54) is 0 Å². The maximum atomic E-state index is 12.1. The van der Waals surface area contributed by atoms with Crippen molar-refractivity contribution >= 4 is 33.6 Å². The summed E-state index contributed by atoms with van der Waals surface area (Å²) in [5, 5.41) is 1.12. The summed E-state index contributed by atoms with van der Waals surface area (Å²) in [4.78, 5) is 14.1. The van der Waals surface area contributed by atoms with E-state index in [2.05, 4.69) is 43.6 Å². The van der Waals surface area contributed by atoms with Gasteiger partial charge in [-0.05, 0) is 5.92 Å². The molecule has 4 heteroatoms. The van der Waals surface area contributed by atoms with Crippen LogP contribution in [0.1, 0.15) is 27.7 Å². The molecule has 0 aromatic heterocycles. The van der Waals surface area contributed by atoms with E-state index in [1.54, 1.807) is 0 Å². The Hall–Kier alpha value is 0.300. The fourth-order valence-electron chi connectivity index (χ4n) is 1.82. The van der Waals surface area contributed by atoms with E-state index in [0.29, 0.717) is 16.4 Å². The zero-order valence-corrected chi connectivity index (χ0v) is 12.3. The quantitative estimate of drug-likeness (QED) is 0.730. The van der Waals surface area contributed by atoms with Crippen molar-refractivity contribution in [3.05, 3.63) is 0 Å². The first-order valence-electron chi connectivity index (χ1n) is 5.50. The molecule has 0 spiro atoms. The summed E-state index contributed by atoms with van der Waals surface area (Å²) in [6.07, 6.45) is 0. The van der Waals surface area contributed by atoms with Crippen molar-refractivity contribution < 1.29 is 4.79 Å². The van der Waals surface area contributed by atoms with Crippen molar-refractivity contribution in [2.75, 3.05) is 13.1 Å². The van der Waals surface area contributed by atoms with Crippen LogP contribution >= 0.6 is 27.7 Å². The van der Waals surface area contributed by atoms with Crippen molar-refractivity contribution in [3.8, 4) is 0 Å². The van der Waals surface area contributed by atoms with Gasteiger partial charge in [-0.3, -0.25) is 4.79 Å². The average molecular weight is 294 g/mol. The number of carbonyl (C=O) groups excluding carboxylic acids is 1. The molecule has 3 unspecified atom stereocenters. The fourth-order valence-corrected chi connectivity index (χ4v) is 3.43. The molecule has 1 saturated heterocycles. The molecule has 0 aromatic rings. The van der Waals surface area contributed by atoms with Crippen molar-refractivity contribution in [1.29, 1.82) is 0 Å². The van der Waals surface area contributed by atoms with Gasteiger partial charge in [-0.25, -0.2) is 0 Å². The number of nitrogens with zero attached hydrogens (tertiary/aromatic N) is 1. The Balaban J connectivity index is 2.59. The average Bonchev–Trinajstić information content (AvgIpc) is 2.13. The van der Waals surface area contributed by atoms with Crippen LogP contribution < -0.4 is 0 Å². The molecular formula is C11H20BrNOS. The topological polar surface area (TPSA) is 20.3 Å². The molecule has 3 atom stereocenters. The van der Waals surface area contributed by atoms with Crippen LogP contribution in [0.5, 0.6) is 0 Å². The predicted molar refractivity (Wildman–Crippen MR) is 70.6 cm³/mol. The van der Waals surface area contributed by atoms with Crippen LogP contribution in [-0.2, 0) is 4.79 Å². The van der Waals surface area contributed by atoms with Crippen molar-refractivity contribution in [1.82, 2.24) is 4.90 Å². The second kappa shape index (κ2) is 5.58. The molecule has 15 heavy (non-hydrogen) atoms. The van der Waals surface area contributed by atoms with Crippen LogP contribution in [0.25, 0.3) is 0 Å². The standard InChI is InChI=1S/C11H20BrNOS/c1-7(2)10(12)11(14)13-5-8(3)15-9(4)6-13/h7-10H,5-6H2,1-4H3. The Kier molecular flexibility index (Phi) is 4.97. The van der Waals surface area contributed by atoms with Crippen LogP contribution in [0.4, 0.5) is 0 Å². The van der Waals surface area contributed by atoms with E-state index in [4.69, 9.17) is 0 Å². The first-order valence-corrected chi connectivity index (χ1v) is 7.36. The number of hydrogen-bond donors (Lipinski definition) is 0. The van der Waals surface area contributed by atoms with E-state index in [-0.39, 0.29) is 10.7 Å². The van der Waals surface area contributed by atoms with Gasteiger partial charge in [0.15, 0.2) is 0 Å². The van der Waals surface area contributed by atoms with Gasteiger partial charge < -0.3 is 4.90 Å². The number of hydrogen-bond acceptors (Lipinski definition) is 2. The lowest BCUT2D eigenvalue weighted by atomic mass is 10.1. The number of alkyl halides is 1. The molecular weight excluding hydrogens is 274 g/mol. The molecule has 0 aromatic carbocycles. The number of carbonyl (C=O) groups is 1. The van der Waals surface area contributed by atoms with Crippen molar-refractivity contribution in [2.45, 2.75) is 43.0 Å². The van der Waals surface area contributed by atoms with Gasteiger partial charge in [0.1, 0.15) is 0 Å². The minimum Gasteiger partial charge on any atom is -0.340 e. The highest BCUT2D eigenvalue weighted by Gasteiger charge is 2.30. The molecule has 1 amide bonds. The number of amides is 1. The zero-order valence-electron chi connectivity index (χ0n) is 9.87. The number of rotatable bonds is 2. The van der Waals surface area contributed by atoms with Gasteiger partial charge in [-0.15, -0.1) is 0 Å². The van der Waals surface area contributed by atoms with E-state index in [1.807, 2.05) is 16.7 Å². The van der Waals surface area contributed by atoms with Gasteiger partial charge in [0.2, 0.25) is 5.91 Å². The normalized spacial score (nSPS) is 29.3. The summed E-state index contributed by atoms with van der Waals surface area (Å²) in [5.74, 6) is 0.613. The number of halogens is 1. The third-order valence-electron chi connectivity index (χ3n) is 2.55. The maximum Gasteiger partial charge on any atom is 0.236 e. The minimum absolute atomic E-state index is 0.0278. The zero-order chi connectivity index (χ0) is 11.6. The lowest BCUT2D eigenvalue weighted by Crippen LogP contribution is -2.47. The molecule has 0 saturated carbocycles. The molecule has 1 fully saturated rings. The monoisotopic (exact) mass is 293 g/mol. The highest BCUT2D eigenvalue weighted by atomic mass is 79.9. The van der Waals surface area contributed by atoms with Crippen LogP contribution in [0.2, 0.25) is 0 Å². The fraction of sp³-hybridized carbons (Fsp3) is 0.909. The second-order valence-corrected chi connectivity index (χ2v) is 7.51.